The fourth-order valence-corrected chi connectivity index (χ4v) is 0.947. The van der Waals surface area contributed by atoms with E-state index in [-0.39, 0.29) is 19.5 Å². The molecule has 14 heavy (non-hydrogen) atoms. The molecule has 0 bridgehead atoms. The van der Waals surface area contributed by atoms with Gasteiger partial charge in [-0.2, -0.15) is 0 Å². The first kappa shape index (κ1) is 10.4. The maximum atomic E-state index is 10.9. The second-order valence-corrected chi connectivity index (χ2v) is 2.58. The molecular weight excluding hydrogens is 184 g/mol. The number of hydrogen-bond acceptors (Lipinski definition) is 4. The first-order valence-corrected chi connectivity index (χ1v) is 4.11. The molecule has 0 heterocycles. The van der Waals surface area contributed by atoms with E-state index in [4.69, 9.17) is 9.84 Å². The highest BCUT2D eigenvalue weighted by Crippen LogP contribution is 2.11. The zero-order valence-electron chi connectivity index (χ0n) is 7.47. The van der Waals surface area contributed by atoms with Gasteiger partial charge < -0.3 is 9.84 Å². The minimum atomic E-state index is -0.557. The number of aldehydes is 1. The molecule has 0 unspecified atom stereocenters. The normalized spacial score (nSPS) is 9.50. The lowest BCUT2D eigenvalue weighted by Gasteiger charge is -2.03. The Morgan fingerprint density at radius 3 is 2.50 bits per heavy atom. The van der Waals surface area contributed by atoms with Crippen LogP contribution in [0, 0.1) is 0 Å². The number of rotatable bonds is 5. The van der Waals surface area contributed by atoms with Crippen LogP contribution in [0.15, 0.2) is 24.3 Å². The van der Waals surface area contributed by atoms with Gasteiger partial charge in [-0.3, -0.25) is 9.59 Å². The summed E-state index contributed by atoms with van der Waals surface area (Å²) in [6, 6.07) is 6.16. The number of Topliss-reactive ketones (excluding diaryl/α,β-unsaturated/α-hetero) is 1. The molecule has 0 saturated heterocycles. The molecule has 0 saturated carbocycles. The van der Waals surface area contributed by atoms with Crippen LogP contribution >= 0.6 is 0 Å². The molecule has 1 aromatic carbocycles. The Kier molecular flexibility index (Phi) is 3.82. The number of aliphatic hydroxyl groups excluding tert-OH is 1. The SMILES string of the molecule is O=CC(=O)c1ccc(OCCO)cc1. The summed E-state index contributed by atoms with van der Waals surface area (Å²) in [6.45, 7) is 0.149. The monoisotopic (exact) mass is 194 g/mol. The summed E-state index contributed by atoms with van der Waals surface area (Å²) in [5.41, 5.74) is 0.330. The van der Waals surface area contributed by atoms with E-state index in [1.807, 2.05) is 0 Å². The molecule has 0 radical (unpaired) electrons. The molecule has 1 aromatic rings. The molecule has 1 N–H and O–H groups in total. The lowest BCUT2D eigenvalue weighted by molar-refractivity contribution is -0.104. The van der Waals surface area contributed by atoms with Gasteiger partial charge in [0.1, 0.15) is 12.4 Å². The van der Waals surface area contributed by atoms with Crippen LogP contribution in [-0.2, 0) is 4.79 Å². The second-order valence-electron chi connectivity index (χ2n) is 2.58. The number of benzene rings is 1. The number of aliphatic hydroxyl groups is 1. The maximum Gasteiger partial charge on any atom is 0.225 e. The number of ether oxygens (including phenoxy) is 1. The minimum Gasteiger partial charge on any atom is -0.491 e. The topological polar surface area (TPSA) is 63.6 Å². The van der Waals surface area contributed by atoms with Crippen LogP contribution in [0.1, 0.15) is 10.4 Å². The highest BCUT2D eigenvalue weighted by molar-refractivity contribution is 6.33. The van der Waals surface area contributed by atoms with Crippen molar-refractivity contribution in [3.63, 3.8) is 0 Å². The van der Waals surface area contributed by atoms with Crippen LogP contribution in [-0.4, -0.2) is 30.4 Å². The summed E-state index contributed by atoms with van der Waals surface area (Å²) in [5.74, 6) is 0.000192. The first-order chi connectivity index (χ1) is 6.77. The predicted octanol–water partition coefficient (Wildman–Crippen LogP) is 0.439. The van der Waals surface area contributed by atoms with Gasteiger partial charge in [0, 0.05) is 5.56 Å². The van der Waals surface area contributed by atoms with Gasteiger partial charge in [-0.1, -0.05) is 0 Å². The van der Waals surface area contributed by atoms with E-state index >= 15 is 0 Å². The van der Waals surface area contributed by atoms with E-state index in [1.54, 1.807) is 12.1 Å². The molecule has 0 aliphatic carbocycles. The quantitative estimate of drug-likeness (QED) is 0.419. The van der Waals surface area contributed by atoms with Gasteiger partial charge in [0.2, 0.25) is 5.78 Å². The van der Waals surface area contributed by atoms with Crippen LogP contribution in [0.5, 0.6) is 5.75 Å². The Bertz CT molecular complexity index is 315. The summed E-state index contributed by atoms with van der Waals surface area (Å²) in [7, 11) is 0. The zero-order chi connectivity index (χ0) is 10.4. The van der Waals surface area contributed by atoms with Crippen molar-refractivity contribution in [2.45, 2.75) is 0 Å². The smallest absolute Gasteiger partial charge is 0.225 e. The van der Waals surface area contributed by atoms with Gasteiger partial charge in [0.25, 0.3) is 0 Å². The number of carbonyl (C=O) groups excluding carboxylic acids is 2. The Morgan fingerprint density at radius 1 is 1.36 bits per heavy atom. The number of ketones is 1. The summed E-state index contributed by atoms with van der Waals surface area (Å²) < 4.78 is 5.07. The Balaban J connectivity index is 2.68. The van der Waals surface area contributed by atoms with E-state index in [0.717, 1.165) is 0 Å². The van der Waals surface area contributed by atoms with Crippen molar-refractivity contribution >= 4 is 12.1 Å². The Labute approximate surface area is 81.1 Å². The Hall–Kier alpha value is -1.68. The zero-order valence-corrected chi connectivity index (χ0v) is 7.47. The predicted molar refractivity (Wildman–Crippen MR) is 49.4 cm³/mol. The maximum absolute atomic E-state index is 10.9. The third-order valence-electron chi connectivity index (χ3n) is 1.61. The number of carbonyl (C=O) groups is 2. The van der Waals surface area contributed by atoms with Crippen molar-refractivity contribution < 1.29 is 19.4 Å². The average molecular weight is 194 g/mol. The lowest BCUT2D eigenvalue weighted by atomic mass is 10.1. The van der Waals surface area contributed by atoms with E-state index in [9.17, 15) is 9.59 Å². The van der Waals surface area contributed by atoms with Gasteiger partial charge >= 0.3 is 0 Å². The second kappa shape index (κ2) is 5.14. The van der Waals surface area contributed by atoms with Crippen LogP contribution < -0.4 is 4.74 Å². The molecule has 0 aliphatic rings. The third-order valence-corrected chi connectivity index (χ3v) is 1.61. The van der Waals surface area contributed by atoms with Gasteiger partial charge in [-0.05, 0) is 24.3 Å². The van der Waals surface area contributed by atoms with Gasteiger partial charge in [0.05, 0.1) is 6.61 Å². The van der Waals surface area contributed by atoms with Crippen molar-refractivity contribution in [3.8, 4) is 5.75 Å². The van der Waals surface area contributed by atoms with E-state index < -0.39 is 5.78 Å². The lowest BCUT2D eigenvalue weighted by Crippen LogP contribution is -2.03. The molecule has 4 nitrogen and oxygen atoms in total. The van der Waals surface area contributed by atoms with Crippen molar-refractivity contribution in [2.24, 2.45) is 0 Å². The molecular formula is C10H10O4. The van der Waals surface area contributed by atoms with Crippen molar-refractivity contribution in [1.82, 2.24) is 0 Å². The Morgan fingerprint density at radius 2 is 2.00 bits per heavy atom. The standard InChI is InChI=1S/C10H10O4/c11-5-6-14-9-3-1-8(2-4-9)10(13)7-12/h1-4,7,11H,5-6H2. The summed E-state index contributed by atoms with van der Waals surface area (Å²) >= 11 is 0. The van der Waals surface area contributed by atoms with Gasteiger partial charge in [-0.25, -0.2) is 0 Å². The summed E-state index contributed by atoms with van der Waals surface area (Å²) in [5, 5.41) is 8.48. The van der Waals surface area contributed by atoms with E-state index in [2.05, 4.69) is 0 Å². The average Bonchev–Trinajstić information content (AvgIpc) is 2.26. The van der Waals surface area contributed by atoms with Crippen molar-refractivity contribution in [1.29, 1.82) is 0 Å². The molecule has 4 heteroatoms. The summed E-state index contributed by atoms with van der Waals surface area (Å²) in [6.07, 6.45) is 0.267. The fraction of sp³-hybridized carbons (Fsp3) is 0.200. The van der Waals surface area contributed by atoms with E-state index in [0.29, 0.717) is 11.3 Å². The highest BCUT2D eigenvalue weighted by Gasteiger charge is 2.02. The van der Waals surface area contributed by atoms with Crippen LogP contribution in [0.4, 0.5) is 0 Å². The van der Waals surface area contributed by atoms with Crippen LogP contribution in [0.3, 0.4) is 0 Å². The molecule has 0 fully saturated rings. The molecule has 0 aliphatic heterocycles. The van der Waals surface area contributed by atoms with E-state index in [1.165, 1.54) is 12.1 Å². The van der Waals surface area contributed by atoms with Gasteiger partial charge in [0.15, 0.2) is 6.29 Å². The highest BCUT2D eigenvalue weighted by atomic mass is 16.5. The molecule has 74 valence electrons. The largest absolute Gasteiger partial charge is 0.491 e. The minimum absolute atomic E-state index is 0.0605. The molecule has 1 rings (SSSR count). The van der Waals surface area contributed by atoms with Crippen LogP contribution in [0.2, 0.25) is 0 Å². The number of hydrogen-bond donors (Lipinski definition) is 1. The third kappa shape index (κ3) is 2.67. The van der Waals surface area contributed by atoms with Crippen LogP contribution in [0.25, 0.3) is 0 Å². The molecule has 0 amide bonds. The summed E-state index contributed by atoms with van der Waals surface area (Å²) in [4.78, 5) is 21.0. The molecule has 0 atom stereocenters. The first-order valence-electron chi connectivity index (χ1n) is 4.11. The van der Waals surface area contributed by atoms with Crippen molar-refractivity contribution in [2.75, 3.05) is 13.2 Å². The molecule has 0 aromatic heterocycles. The van der Waals surface area contributed by atoms with Gasteiger partial charge in [-0.15, -0.1) is 0 Å². The molecule has 0 spiro atoms. The fourth-order valence-electron chi connectivity index (χ4n) is 0.947. The van der Waals surface area contributed by atoms with Crippen molar-refractivity contribution in [3.05, 3.63) is 29.8 Å².